The maximum absolute atomic E-state index is 10.3. The van der Waals surface area contributed by atoms with E-state index in [1.807, 2.05) is 12.1 Å². The smallest absolute Gasteiger partial charge is 0.123 e. The number of phenols is 1. The molecular formula is C21H28O. The van der Waals surface area contributed by atoms with Gasteiger partial charge in [-0.05, 0) is 47.4 Å². The molecule has 2 rings (SSSR count). The Balaban J connectivity index is 2.47. The molecule has 1 nitrogen and oxygen atoms in total. The SMILES string of the molecule is Cc1cccc(-c2cc(C(C)(C)CC(C)(C)C)ccc2O)c1. The molecule has 22 heavy (non-hydrogen) atoms. The van der Waals surface area contributed by atoms with Gasteiger partial charge in [0, 0.05) is 5.56 Å². The minimum Gasteiger partial charge on any atom is -0.507 e. The molecule has 2 aromatic carbocycles. The van der Waals surface area contributed by atoms with Crippen LogP contribution < -0.4 is 0 Å². The van der Waals surface area contributed by atoms with Crippen molar-refractivity contribution in [2.45, 2.75) is 53.4 Å². The van der Waals surface area contributed by atoms with Crippen LogP contribution in [0.1, 0.15) is 52.2 Å². The van der Waals surface area contributed by atoms with Crippen LogP contribution in [0.2, 0.25) is 0 Å². The maximum Gasteiger partial charge on any atom is 0.123 e. The third kappa shape index (κ3) is 3.91. The predicted octanol–water partition coefficient (Wildman–Crippen LogP) is 6.08. The second-order valence-corrected chi connectivity index (χ2v) is 8.22. The standard InChI is InChI=1S/C21H28O/c1-15-8-7-9-16(12-15)18-13-17(10-11-19(18)22)21(5,6)14-20(2,3)4/h7-13,22H,14H2,1-6H3. The van der Waals surface area contributed by atoms with Crippen molar-refractivity contribution in [3.8, 4) is 16.9 Å². The molecule has 0 aliphatic rings. The van der Waals surface area contributed by atoms with Crippen LogP contribution in [0, 0.1) is 12.3 Å². The predicted molar refractivity (Wildman–Crippen MR) is 95.4 cm³/mol. The normalized spacial score (nSPS) is 12.5. The van der Waals surface area contributed by atoms with E-state index in [2.05, 4.69) is 71.9 Å². The Labute approximate surface area is 135 Å². The van der Waals surface area contributed by atoms with Gasteiger partial charge in [0.25, 0.3) is 0 Å². The van der Waals surface area contributed by atoms with Gasteiger partial charge in [-0.15, -0.1) is 0 Å². The summed E-state index contributed by atoms with van der Waals surface area (Å²) in [4.78, 5) is 0. The second kappa shape index (κ2) is 5.79. The quantitative estimate of drug-likeness (QED) is 0.727. The summed E-state index contributed by atoms with van der Waals surface area (Å²) >= 11 is 0. The zero-order valence-electron chi connectivity index (χ0n) is 14.7. The number of aromatic hydroxyl groups is 1. The van der Waals surface area contributed by atoms with Gasteiger partial charge in [-0.2, -0.15) is 0 Å². The molecule has 0 atom stereocenters. The van der Waals surface area contributed by atoms with E-state index in [0.29, 0.717) is 5.75 Å². The van der Waals surface area contributed by atoms with Crippen LogP contribution in [0.5, 0.6) is 5.75 Å². The van der Waals surface area contributed by atoms with Crippen molar-refractivity contribution in [1.29, 1.82) is 0 Å². The molecule has 0 amide bonds. The summed E-state index contributed by atoms with van der Waals surface area (Å²) in [6.45, 7) is 13.5. The summed E-state index contributed by atoms with van der Waals surface area (Å²) in [5.74, 6) is 0.348. The summed E-state index contributed by atoms with van der Waals surface area (Å²) in [5.41, 5.74) is 4.82. The molecule has 0 saturated heterocycles. The van der Waals surface area contributed by atoms with Crippen molar-refractivity contribution in [1.82, 2.24) is 0 Å². The number of hydrogen-bond donors (Lipinski definition) is 1. The molecule has 0 saturated carbocycles. The van der Waals surface area contributed by atoms with Gasteiger partial charge in [0.15, 0.2) is 0 Å². The highest BCUT2D eigenvalue weighted by atomic mass is 16.3. The fourth-order valence-corrected chi connectivity index (χ4v) is 3.43. The van der Waals surface area contributed by atoms with Gasteiger partial charge >= 0.3 is 0 Å². The van der Waals surface area contributed by atoms with E-state index in [1.54, 1.807) is 0 Å². The van der Waals surface area contributed by atoms with Crippen molar-refractivity contribution in [2.75, 3.05) is 0 Å². The first-order chi connectivity index (χ1) is 10.1. The highest BCUT2D eigenvalue weighted by Gasteiger charge is 2.27. The largest absolute Gasteiger partial charge is 0.507 e. The molecule has 0 fully saturated rings. The van der Waals surface area contributed by atoms with Gasteiger partial charge in [0.1, 0.15) is 5.75 Å². The first-order valence-electron chi connectivity index (χ1n) is 7.99. The Morgan fingerprint density at radius 3 is 2.18 bits per heavy atom. The average Bonchev–Trinajstić information content (AvgIpc) is 2.36. The first-order valence-corrected chi connectivity index (χ1v) is 7.99. The number of benzene rings is 2. The van der Waals surface area contributed by atoms with E-state index in [4.69, 9.17) is 0 Å². The molecule has 1 N–H and O–H groups in total. The topological polar surface area (TPSA) is 20.2 Å². The monoisotopic (exact) mass is 296 g/mol. The van der Waals surface area contributed by atoms with Crippen molar-refractivity contribution < 1.29 is 5.11 Å². The number of phenolic OH excluding ortho intramolecular Hbond substituents is 1. The fourth-order valence-electron chi connectivity index (χ4n) is 3.43. The van der Waals surface area contributed by atoms with Gasteiger partial charge in [0.2, 0.25) is 0 Å². The lowest BCUT2D eigenvalue weighted by molar-refractivity contribution is 0.284. The Hall–Kier alpha value is -1.76. The van der Waals surface area contributed by atoms with E-state index >= 15 is 0 Å². The molecule has 0 spiro atoms. The van der Waals surface area contributed by atoms with E-state index < -0.39 is 0 Å². The molecule has 0 unspecified atom stereocenters. The van der Waals surface area contributed by atoms with E-state index in [1.165, 1.54) is 11.1 Å². The van der Waals surface area contributed by atoms with E-state index in [9.17, 15) is 5.11 Å². The Morgan fingerprint density at radius 2 is 1.59 bits per heavy atom. The lowest BCUT2D eigenvalue weighted by Crippen LogP contribution is -2.24. The van der Waals surface area contributed by atoms with E-state index in [-0.39, 0.29) is 10.8 Å². The van der Waals surface area contributed by atoms with Crippen LogP contribution >= 0.6 is 0 Å². The lowest BCUT2D eigenvalue weighted by Gasteiger charge is -2.33. The maximum atomic E-state index is 10.3. The molecule has 0 radical (unpaired) electrons. The lowest BCUT2D eigenvalue weighted by atomic mass is 9.72. The molecule has 0 bridgehead atoms. The minimum absolute atomic E-state index is 0.0739. The van der Waals surface area contributed by atoms with Crippen LogP contribution in [-0.2, 0) is 5.41 Å². The Morgan fingerprint density at radius 1 is 0.909 bits per heavy atom. The molecular weight excluding hydrogens is 268 g/mol. The van der Waals surface area contributed by atoms with Crippen molar-refractivity contribution in [3.63, 3.8) is 0 Å². The third-order valence-corrected chi connectivity index (χ3v) is 4.08. The van der Waals surface area contributed by atoms with Crippen LogP contribution in [0.15, 0.2) is 42.5 Å². The Kier molecular flexibility index (Phi) is 4.37. The van der Waals surface area contributed by atoms with Crippen molar-refractivity contribution in [3.05, 3.63) is 53.6 Å². The summed E-state index contributed by atoms with van der Waals surface area (Å²) < 4.78 is 0. The average molecular weight is 296 g/mol. The van der Waals surface area contributed by atoms with Gasteiger partial charge in [-0.1, -0.05) is 70.5 Å². The van der Waals surface area contributed by atoms with Crippen LogP contribution in [0.25, 0.3) is 11.1 Å². The van der Waals surface area contributed by atoms with Crippen LogP contribution in [0.4, 0.5) is 0 Å². The van der Waals surface area contributed by atoms with Gasteiger partial charge in [-0.3, -0.25) is 0 Å². The van der Waals surface area contributed by atoms with Gasteiger partial charge < -0.3 is 5.11 Å². The second-order valence-electron chi connectivity index (χ2n) is 8.22. The van der Waals surface area contributed by atoms with Gasteiger partial charge in [-0.25, -0.2) is 0 Å². The van der Waals surface area contributed by atoms with Crippen LogP contribution in [0.3, 0.4) is 0 Å². The zero-order valence-corrected chi connectivity index (χ0v) is 14.7. The highest BCUT2D eigenvalue weighted by molar-refractivity contribution is 5.71. The van der Waals surface area contributed by atoms with Gasteiger partial charge in [0.05, 0.1) is 0 Å². The molecule has 0 aliphatic heterocycles. The molecule has 0 aromatic heterocycles. The molecule has 1 heteroatoms. The van der Waals surface area contributed by atoms with Crippen molar-refractivity contribution in [2.24, 2.45) is 5.41 Å². The molecule has 118 valence electrons. The minimum atomic E-state index is 0.0739. The number of aryl methyl sites for hydroxylation is 1. The highest BCUT2D eigenvalue weighted by Crippen LogP contribution is 2.39. The summed E-state index contributed by atoms with van der Waals surface area (Å²) in [6, 6.07) is 14.3. The fraction of sp³-hybridized carbons (Fsp3) is 0.429. The summed E-state index contributed by atoms with van der Waals surface area (Å²) in [7, 11) is 0. The summed E-state index contributed by atoms with van der Waals surface area (Å²) in [6.07, 6.45) is 1.10. The number of rotatable bonds is 3. The van der Waals surface area contributed by atoms with E-state index in [0.717, 1.165) is 17.5 Å². The molecule has 2 aromatic rings. The molecule has 0 aliphatic carbocycles. The first kappa shape index (κ1) is 16.6. The summed E-state index contributed by atoms with van der Waals surface area (Å²) in [5, 5.41) is 10.3. The zero-order chi connectivity index (χ0) is 16.5. The Bertz CT molecular complexity index is 660. The van der Waals surface area contributed by atoms with Crippen LogP contribution in [-0.4, -0.2) is 5.11 Å². The molecule has 0 heterocycles. The number of hydrogen-bond acceptors (Lipinski definition) is 1. The third-order valence-electron chi connectivity index (χ3n) is 4.08. The van der Waals surface area contributed by atoms with Crippen molar-refractivity contribution >= 4 is 0 Å².